The van der Waals surface area contributed by atoms with E-state index < -0.39 is 0 Å². The average molecular weight is 293 g/mol. The van der Waals surface area contributed by atoms with Crippen molar-refractivity contribution >= 4 is 34.0 Å². The minimum absolute atomic E-state index is 0.359. The molecule has 0 atom stereocenters. The van der Waals surface area contributed by atoms with Crippen molar-refractivity contribution in [2.24, 2.45) is 0 Å². The maximum atomic E-state index is 10.1. The minimum atomic E-state index is -0.359. The number of esters is 1. The van der Waals surface area contributed by atoms with E-state index in [2.05, 4.69) is 71.0 Å². The summed E-state index contributed by atoms with van der Waals surface area (Å²) in [5.74, 6) is -0.359. The monoisotopic (exact) mass is 293 g/mol. The van der Waals surface area contributed by atoms with Crippen LogP contribution < -0.4 is 0 Å². The maximum absolute atomic E-state index is 10.1. The minimum Gasteiger partial charge on any atom is -0.463 e. The van der Waals surface area contributed by atoms with Gasteiger partial charge in [0.25, 0.3) is 0 Å². The second-order valence-electron chi connectivity index (χ2n) is 4.54. The van der Waals surface area contributed by atoms with Crippen molar-refractivity contribution in [1.82, 2.24) is 4.57 Å². The number of rotatable bonds is 3. The Labute approximate surface area is 130 Å². The normalized spacial score (nSPS) is 9.86. The first-order valence-corrected chi connectivity index (χ1v) is 7.12. The summed E-state index contributed by atoms with van der Waals surface area (Å²) in [6.07, 6.45) is 3.01. The fraction of sp³-hybridized carbons (Fsp3) is 0.105. The van der Waals surface area contributed by atoms with Crippen LogP contribution in [0.15, 0.2) is 67.8 Å². The van der Waals surface area contributed by atoms with Crippen molar-refractivity contribution < 1.29 is 9.53 Å². The molecular weight excluding hydrogens is 274 g/mol. The summed E-state index contributed by atoms with van der Waals surface area (Å²) in [4.78, 5) is 10.1. The zero-order valence-electron chi connectivity index (χ0n) is 12.7. The molecule has 0 bridgehead atoms. The van der Waals surface area contributed by atoms with E-state index >= 15 is 0 Å². The molecule has 112 valence electrons. The van der Waals surface area contributed by atoms with Gasteiger partial charge >= 0.3 is 5.97 Å². The summed E-state index contributed by atoms with van der Waals surface area (Å²) in [5, 5.41) is 2.57. The van der Waals surface area contributed by atoms with Crippen LogP contribution in [0.1, 0.15) is 6.92 Å². The van der Waals surface area contributed by atoms with E-state index in [0.717, 1.165) is 6.08 Å². The lowest BCUT2D eigenvalue weighted by molar-refractivity contribution is -0.137. The number of benzene rings is 2. The SMILES string of the molecule is C=CC(=O)OCC.C=Cn1c2ccccc2c2ccccc21. The molecule has 0 radical (unpaired) electrons. The Hall–Kier alpha value is -2.81. The van der Waals surface area contributed by atoms with Crippen LogP contribution in [0.2, 0.25) is 0 Å². The zero-order valence-corrected chi connectivity index (χ0v) is 12.7. The average Bonchev–Trinajstić information content (AvgIpc) is 2.89. The standard InChI is InChI=1S/C14H11N.C5H8O2/c1-2-15-13-9-5-3-7-11(13)12-8-4-6-10-14(12)15;1-3-5(6)7-4-2/h2-10H,1H2;3H,1,4H2,2H3. The molecular formula is C19H19NO2. The fourth-order valence-corrected chi connectivity index (χ4v) is 2.35. The van der Waals surface area contributed by atoms with Gasteiger partial charge in [0.2, 0.25) is 0 Å². The molecule has 3 heteroatoms. The van der Waals surface area contributed by atoms with E-state index in [1.807, 2.05) is 6.20 Å². The molecule has 0 N–H and O–H groups in total. The van der Waals surface area contributed by atoms with E-state index in [1.54, 1.807) is 6.92 Å². The van der Waals surface area contributed by atoms with Gasteiger partial charge in [-0.25, -0.2) is 4.79 Å². The smallest absolute Gasteiger partial charge is 0.330 e. The molecule has 1 aromatic heterocycles. The van der Waals surface area contributed by atoms with Crippen LogP contribution in [-0.2, 0) is 9.53 Å². The molecule has 0 aliphatic heterocycles. The molecule has 0 amide bonds. The van der Waals surface area contributed by atoms with Gasteiger partial charge in [-0.2, -0.15) is 0 Å². The molecule has 22 heavy (non-hydrogen) atoms. The molecule has 0 fully saturated rings. The number of para-hydroxylation sites is 2. The molecule has 0 saturated heterocycles. The maximum Gasteiger partial charge on any atom is 0.330 e. The first kappa shape index (κ1) is 15.6. The first-order chi connectivity index (χ1) is 10.7. The third-order valence-corrected chi connectivity index (χ3v) is 3.25. The number of carbonyl (C=O) groups is 1. The Balaban J connectivity index is 0.000000217. The zero-order chi connectivity index (χ0) is 15.9. The Morgan fingerprint density at radius 2 is 1.55 bits per heavy atom. The second kappa shape index (κ2) is 7.27. The van der Waals surface area contributed by atoms with Crippen LogP contribution in [0.4, 0.5) is 0 Å². The quantitative estimate of drug-likeness (QED) is 0.521. The van der Waals surface area contributed by atoms with Gasteiger partial charge in [0, 0.05) is 23.0 Å². The predicted octanol–water partition coefficient (Wildman–Crippen LogP) is 4.63. The summed E-state index contributed by atoms with van der Waals surface area (Å²) in [7, 11) is 0. The van der Waals surface area contributed by atoms with E-state index in [0.29, 0.717) is 6.61 Å². The molecule has 2 aromatic carbocycles. The highest BCUT2D eigenvalue weighted by atomic mass is 16.5. The molecule has 0 aliphatic carbocycles. The number of hydrogen-bond donors (Lipinski definition) is 0. The number of carbonyl (C=O) groups excluding carboxylic acids is 1. The third-order valence-electron chi connectivity index (χ3n) is 3.25. The van der Waals surface area contributed by atoms with E-state index in [1.165, 1.54) is 21.8 Å². The molecule has 1 heterocycles. The summed E-state index contributed by atoms with van der Waals surface area (Å²) < 4.78 is 6.56. The molecule has 3 rings (SSSR count). The summed E-state index contributed by atoms with van der Waals surface area (Å²) in [6.45, 7) is 9.24. The van der Waals surface area contributed by atoms with Crippen molar-refractivity contribution in [1.29, 1.82) is 0 Å². The van der Waals surface area contributed by atoms with E-state index in [9.17, 15) is 4.79 Å². The van der Waals surface area contributed by atoms with Gasteiger partial charge in [0.1, 0.15) is 0 Å². The van der Waals surface area contributed by atoms with Crippen molar-refractivity contribution in [3.8, 4) is 0 Å². The number of hydrogen-bond acceptors (Lipinski definition) is 2. The number of ether oxygens (including phenoxy) is 1. The van der Waals surface area contributed by atoms with Gasteiger partial charge in [-0.1, -0.05) is 49.6 Å². The molecule has 0 spiro atoms. The van der Waals surface area contributed by atoms with Gasteiger partial charge < -0.3 is 9.30 Å². The van der Waals surface area contributed by atoms with Gasteiger partial charge in [0.05, 0.1) is 17.6 Å². The Morgan fingerprint density at radius 1 is 1.05 bits per heavy atom. The van der Waals surface area contributed by atoms with E-state index in [4.69, 9.17) is 0 Å². The highest BCUT2D eigenvalue weighted by Gasteiger charge is 2.06. The van der Waals surface area contributed by atoms with Crippen LogP contribution in [0, 0.1) is 0 Å². The van der Waals surface area contributed by atoms with Gasteiger partial charge in [-0.15, -0.1) is 0 Å². The summed E-state index contributed by atoms with van der Waals surface area (Å²) in [5.41, 5.74) is 2.43. The lowest BCUT2D eigenvalue weighted by Gasteiger charge is -1.97. The number of aromatic nitrogens is 1. The van der Waals surface area contributed by atoms with Crippen LogP contribution in [0.5, 0.6) is 0 Å². The highest BCUT2D eigenvalue weighted by molar-refractivity contribution is 6.09. The number of fused-ring (bicyclic) bond motifs is 3. The van der Waals surface area contributed by atoms with Crippen molar-refractivity contribution in [3.05, 3.63) is 67.8 Å². The molecule has 0 unspecified atom stereocenters. The van der Waals surface area contributed by atoms with Crippen molar-refractivity contribution in [2.45, 2.75) is 6.92 Å². The Morgan fingerprint density at radius 3 is 1.91 bits per heavy atom. The van der Waals surface area contributed by atoms with Crippen LogP contribution >= 0.6 is 0 Å². The highest BCUT2D eigenvalue weighted by Crippen LogP contribution is 2.28. The van der Waals surface area contributed by atoms with Gasteiger partial charge in [0.15, 0.2) is 0 Å². The predicted molar refractivity (Wildman–Crippen MR) is 92.7 cm³/mol. The van der Waals surface area contributed by atoms with E-state index in [-0.39, 0.29) is 5.97 Å². The second-order valence-corrected chi connectivity index (χ2v) is 4.54. The van der Waals surface area contributed by atoms with Gasteiger partial charge in [-0.3, -0.25) is 0 Å². The number of nitrogens with zero attached hydrogens (tertiary/aromatic N) is 1. The first-order valence-electron chi connectivity index (χ1n) is 7.12. The van der Waals surface area contributed by atoms with Crippen LogP contribution in [-0.4, -0.2) is 17.1 Å². The van der Waals surface area contributed by atoms with Crippen molar-refractivity contribution in [2.75, 3.05) is 6.61 Å². The lowest BCUT2D eigenvalue weighted by atomic mass is 10.2. The van der Waals surface area contributed by atoms with Crippen LogP contribution in [0.3, 0.4) is 0 Å². The molecule has 3 aromatic rings. The molecule has 0 aliphatic rings. The largest absolute Gasteiger partial charge is 0.463 e. The van der Waals surface area contributed by atoms with Crippen LogP contribution in [0.25, 0.3) is 28.0 Å². The third kappa shape index (κ3) is 3.09. The topological polar surface area (TPSA) is 31.2 Å². The van der Waals surface area contributed by atoms with Gasteiger partial charge in [-0.05, 0) is 19.1 Å². The Kier molecular flexibility index (Phi) is 5.15. The molecule has 3 nitrogen and oxygen atoms in total. The Bertz CT molecular complexity index is 761. The summed E-state index contributed by atoms with van der Waals surface area (Å²) in [6, 6.07) is 16.8. The van der Waals surface area contributed by atoms with Crippen molar-refractivity contribution in [3.63, 3.8) is 0 Å². The summed E-state index contributed by atoms with van der Waals surface area (Å²) >= 11 is 0. The fourth-order valence-electron chi connectivity index (χ4n) is 2.35. The lowest BCUT2D eigenvalue weighted by Crippen LogP contribution is -1.97. The molecule has 0 saturated carbocycles.